The second-order valence-electron chi connectivity index (χ2n) is 5.14. The number of hydrogen-bond acceptors (Lipinski definition) is 2. The number of benzene rings is 3. The number of hydrazone groups is 1. The maximum atomic E-state index is 4.68. The molecule has 0 spiro atoms. The highest BCUT2D eigenvalue weighted by molar-refractivity contribution is 5.82. The highest BCUT2D eigenvalue weighted by atomic mass is 15.5. The minimum Gasteiger partial charge on any atom is -0.234 e. The molecule has 0 aromatic heterocycles. The Bertz CT molecular complexity index is 709. The van der Waals surface area contributed by atoms with Gasteiger partial charge in [-0.2, -0.15) is 5.10 Å². The predicted molar refractivity (Wildman–Crippen MR) is 93.8 cm³/mol. The average Bonchev–Trinajstić information content (AvgIpc) is 2.57. The van der Waals surface area contributed by atoms with Gasteiger partial charge in [-0.15, -0.1) is 0 Å². The fourth-order valence-corrected chi connectivity index (χ4v) is 2.30. The fourth-order valence-electron chi connectivity index (χ4n) is 2.30. The number of para-hydroxylation sites is 2. The molecule has 0 saturated heterocycles. The van der Waals surface area contributed by atoms with Crippen LogP contribution in [0.2, 0.25) is 0 Å². The van der Waals surface area contributed by atoms with Crippen LogP contribution in [-0.4, -0.2) is 6.21 Å². The molecule has 3 aromatic carbocycles. The van der Waals surface area contributed by atoms with E-state index in [1.165, 1.54) is 5.56 Å². The molecule has 2 heteroatoms. The van der Waals surface area contributed by atoms with Crippen LogP contribution in [0.4, 0.5) is 11.4 Å². The molecule has 0 aliphatic rings. The van der Waals surface area contributed by atoms with Crippen molar-refractivity contribution < 1.29 is 0 Å². The Hall–Kier alpha value is -2.87. The molecule has 0 atom stereocenters. The fraction of sp³-hybridized carbons (Fsp3) is 0.0500. The topological polar surface area (TPSA) is 15.6 Å². The minimum absolute atomic E-state index is 1.04. The first-order valence-electron chi connectivity index (χ1n) is 7.34. The summed E-state index contributed by atoms with van der Waals surface area (Å²) in [7, 11) is 0. The third-order valence-corrected chi connectivity index (χ3v) is 3.37. The van der Waals surface area contributed by atoms with E-state index >= 15 is 0 Å². The van der Waals surface area contributed by atoms with Crippen molar-refractivity contribution in [2.24, 2.45) is 5.10 Å². The van der Waals surface area contributed by atoms with Gasteiger partial charge in [0.05, 0.1) is 17.6 Å². The second-order valence-corrected chi connectivity index (χ2v) is 5.14. The first kappa shape index (κ1) is 14.1. The Morgan fingerprint density at radius 1 is 0.727 bits per heavy atom. The molecule has 0 fully saturated rings. The summed E-state index contributed by atoms with van der Waals surface area (Å²) in [4.78, 5) is 0. The van der Waals surface area contributed by atoms with Gasteiger partial charge in [0.1, 0.15) is 0 Å². The van der Waals surface area contributed by atoms with Gasteiger partial charge in [-0.05, 0) is 36.8 Å². The number of anilines is 2. The van der Waals surface area contributed by atoms with Crippen molar-refractivity contribution in [3.63, 3.8) is 0 Å². The van der Waals surface area contributed by atoms with E-state index in [4.69, 9.17) is 0 Å². The van der Waals surface area contributed by atoms with E-state index in [2.05, 4.69) is 54.5 Å². The highest BCUT2D eigenvalue weighted by Gasteiger charge is 2.06. The average molecular weight is 286 g/mol. The zero-order chi connectivity index (χ0) is 15.2. The van der Waals surface area contributed by atoms with Gasteiger partial charge in [-0.25, -0.2) is 5.01 Å². The van der Waals surface area contributed by atoms with Gasteiger partial charge in [-0.1, -0.05) is 66.2 Å². The lowest BCUT2D eigenvalue weighted by Gasteiger charge is -2.19. The van der Waals surface area contributed by atoms with Crippen LogP contribution < -0.4 is 5.01 Å². The summed E-state index contributed by atoms with van der Waals surface area (Å²) < 4.78 is 0. The maximum absolute atomic E-state index is 4.68. The second kappa shape index (κ2) is 6.72. The van der Waals surface area contributed by atoms with Crippen molar-refractivity contribution in [1.82, 2.24) is 0 Å². The van der Waals surface area contributed by atoms with Crippen LogP contribution >= 0.6 is 0 Å². The molecule has 0 aliphatic carbocycles. The predicted octanol–water partition coefficient (Wildman–Crippen LogP) is 5.17. The molecule has 0 N–H and O–H groups in total. The van der Waals surface area contributed by atoms with Crippen LogP contribution in [0.5, 0.6) is 0 Å². The zero-order valence-electron chi connectivity index (χ0n) is 12.6. The van der Waals surface area contributed by atoms with Crippen LogP contribution in [0.3, 0.4) is 0 Å². The quantitative estimate of drug-likeness (QED) is 0.477. The van der Waals surface area contributed by atoms with Gasteiger partial charge in [0, 0.05) is 0 Å². The summed E-state index contributed by atoms with van der Waals surface area (Å²) in [6.45, 7) is 2.09. The Balaban J connectivity index is 1.96. The molecular formula is C20H18N2. The first-order valence-corrected chi connectivity index (χ1v) is 7.34. The Morgan fingerprint density at radius 2 is 1.32 bits per heavy atom. The van der Waals surface area contributed by atoms with Crippen molar-refractivity contribution in [3.05, 3.63) is 96.1 Å². The molecule has 0 bridgehead atoms. The largest absolute Gasteiger partial charge is 0.234 e. The summed E-state index contributed by atoms with van der Waals surface area (Å²) in [5, 5.41) is 6.63. The molecule has 0 aliphatic heterocycles. The Morgan fingerprint density at radius 3 is 1.86 bits per heavy atom. The van der Waals surface area contributed by atoms with Crippen molar-refractivity contribution in [3.8, 4) is 0 Å². The molecule has 3 rings (SSSR count). The molecule has 3 aromatic rings. The molecular weight excluding hydrogens is 268 g/mol. The van der Waals surface area contributed by atoms with E-state index in [1.807, 2.05) is 53.7 Å². The Labute approximate surface area is 131 Å². The van der Waals surface area contributed by atoms with Crippen molar-refractivity contribution >= 4 is 17.6 Å². The third kappa shape index (κ3) is 3.41. The van der Waals surface area contributed by atoms with Crippen LogP contribution in [0.1, 0.15) is 11.1 Å². The molecule has 22 heavy (non-hydrogen) atoms. The van der Waals surface area contributed by atoms with E-state index < -0.39 is 0 Å². The number of rotatable bonds is 4. The van der Waals surface area contributed by atoms with Gasteiger partial charge < -0.3 is 0 Å². The number of aryl methyl sites for hydroxylation is 1. The lowest BCUT2D eigenvalue weighted by atomic mass is 10.2. The summed E-state index contributed by atoms with van der Waals surface area (Å²) in [5.41, 5.74) is 4.40. The lowest BCUT2D eigenvalue weighted by molar-refractivity contribution is 1.09. The summed E-state index contributed by atoms with van der Waals surface area (Å²) >= 11 is 0. The molecule has 0 heterocycles. The van der Waals surface area contributed by atoms with E-state index in [0.29, 0.717) is 0 Å². The molecule has 0 unspecified atom stereocenters. The minimum atomic E-state index is 1.04. The normalized spacial score (nSPS) is 10.8. The van der Waals surface area contributed by atoms with Crippen LogP contribution in [0.15, 0.2) is 90.0 Å². The van der Waals surface area contributed by atoms with Crippen molar-refractivity contribution in [1.29, 1.82) is 0 Å². The maximum Gasteiger partial charge on any atom is 0.0652 e. The van der Waals surface area contributed by atoms with Gasteiger partial charge in [0.2, 0.25) is 0 Å². The van der Waals surface area contributed by atoms with Gasteiger partial charge >= 0.3 is 0 Å². The summed E-state index contributed by atoms with van der Waals surface area (Å²) in [6, 6.07) is 28.6. The molecule has 0 radical (unpaired) electrons. The molecule has 0 amide bonds. The molecule has 108 valence electrons. The molecule has 0 saturated carbocycles. The lowest BCUT2D eigenvalue weighted by Crippen LogP contribution is -2.09. The highest BCUT2D eigenvalue weighted by Crippen LogP contribution is 2.25. The van der Waals surface area contributed by atoms with Crippen molar-refractivity contribution in [2.45, 2.75) is 6.92 Å². The van der Waals surface area contributed by atoms with Gasteiger partial charge in [0.15, 0.2) is 0 Å². The SMILES string of the molecule is Cc1cccc(C=NN(c2ccccc2)c2ccccc2)c1. The van der Waals surface area contributed by atoms with Crippen molar-refractivity contribution in [2.75, 3.05) is 5.01 Å². The number of nitrogens with zero attached hydrogens (tertiary/aromatic N) is 2. The molecule has 2 nitrogen and oxygen atoms in total. The summed E-state index contributed by atoms with van der Waals surface area (Å²) in [6.07, 6.45) is 1.90. The Kier molecular flexibility index (Phi) is 4.30. The van der Waals surface area contributed by atoms with Crippen LogP contribution in [-0.2, 0) is 0 Å². The third-order valence-electron chi connectivity index (χ3n) is 3.37. The van der Waals surface area contributed by atoms with Crippen LogP contribution in [0, 0.1) is 6.92 Å². The standard InChI is InChI=1S/C20H18N2/c1-17-9-8-10-18(15-17)16-21-22(19-11-4-2-5-12-19)20-13-6-3-7-14-20/h2-16H,1H3. The monoisotopic (exact) mass is 286 g/mol. The smallest absolute Gasteiger partial charge is 0.0652 e. The van der Waals surface area contributed by atoms with Gasteiger partial charge in [0.25, 0.3) is 0 Å². The van der Waals surface area contributed by atoms with E-state index in [0.717, 1.165) is 16.9 Å². The zero-order valence-corrected chi connectivity index (χ0v) is 12.6. The van der Waals surface area contributed by atoms with E-state index in [-0.39, 0.29) is 0 Å². The van der Waals surface area contributed by atoms with E-state index in [1.54, 1.807) is 0 Å². The van der Waals surface area contributed by atoms with E-state index in [9.17, 15) is 0 Å². The van der Waals surface area contributed by atoms with Crippen LogP contribution in [0.25, 0.3) is 0 Å². The first-order chi connectivity index (χ1) is 10.8. The number of hydrogen-bond donors (Lipinski definition) is 0. The summed E-state index contributed by atoms with van der Waals surface area (Å²) in [5.74, 6) is 0. The van der Waals surface area contributed by atoms with Gasteiger partial charge in [-0.3, -0.25) is 0 Å².